The number of amides is 1. The van der Waals surface area contributed by atoms with E-state index in [1.54, 1.807) is 18.4 Å². The topological polar surface area (TPSA) is 47.4 Å². The maximum atomic E-state index is 12.4. The summed E-state index contributed by atoms with van der Waals surface area (Å²) in [5.41, 5.74) is 1.91. The van der Waals surface area contributed by atoms with Gasteiger partial charge in [0.05, 0.1) is 11.6 Å². The molecule has 21 heavy (non-hydrogen) atoms. The summed E-state index contributed by atoms with van der Waals surface area (Å²) in [6, 6.07) is 2.18. The molecule has 0 N–H and O–H groups in total. The average Bonchev–Trinajstić information content (AvgIpc) is 3.19. The number of hydrogen-bond acceptors (Lipinski definition) is 4. The van der Waals surface area contributed by atoms with Gasteiger partial charge >= 0.3 is 0 Å². The SMILES string of the molecule is COCc1ncc(C)n1C1CCN(C(=O)c2ccsc2)C1. The number of thiophene rings is 1. The standard InChI is InChI=1S/C15H19N3O2S/c1-11-7-16-14(9-20-2)18(11)13-3-5-17(8-13)15(19)12-4-6-21-10-12/h4,6-7,10,13H,3,5,8-9H2,1-2H3. The largest absolute Gasteiger partial charge is 0.377 e. The first-order valence-corrected chi connectivity index (χ1v) is 7.98. The van der Waals surface area contributed by atoms with Gasteiger partial charge in [-0.3, -0.25) is 4.79 Å². The lowest BCUT2D eigenvalue weighted by atomic mass is 10.2. The van der Waals surface area contributed by atoms with Crippen LogP contribution in [0.15, 0.2) is 23.0 Å². The first-order valence-electron chi connectivity index (χ1n) is 7.04. The van der Waals surface area contributed by atoms with Crippen LogP contribution in [0.2, 0.25) is 0 Å². The molecule has 3 heterocycles. The number of methoxy groups -OCH3 is 1. The van der Waals surface area contributed by atoms with Crippen molar-refractivity contribution in [3.63, 3.8) is 0 Å². The van der Waals surface area contributed by atoms with E-state index in [1.807, 2.05) is 27.9 Å². The molecular weight excluding hydrogens is 286 g/mol. The summed E-state index contributed by atoms with van der Waals surface area (Å²) in [6.45, 7) is 4.09. The highest BCUT2D eigenvalue weighted by atomic mass is 32.1. The minimum absolute atomic E-state index is 0.129. The van der Waals surface area contributed by atoms with E-state index in [-0.39, 0.29) is 5.91 Å². The smallest absolute Gasteiger partial charge is 0.254 e. The molecule has 5 nitrogen and oxygen atoms in total. The van der Waals surface area contributed by atoms with Gasteiger partial charge < -0.3 is 14.2 Å². The van der Waals surface area contributed by atoms with Gasteiger partial charge in [0.25, 0.3) is 5.91 Å². The molecule has 1 fully saturated rings. The Labute approximate surface area is 128 Å². The molecule has 1 aliphatic heterocycles. The van der Waals surface area contributed by atoms with E-state index < -0.39 is 0 Å². The summed E-state index contributed by atoms with van der Waals surface area (Å²) in [7, 11) is 1.68. The molecule has 0 aliphatic carbocycles. The lowest BCUT2D eigenvalue weighted by Crippen LogP contribution is -2.29. The molecule has 2 aromatic heterocycles. The van der Waals surface area contributed by atoms with Crippen LogP contribution in [0.1, 0.15) is 34.3 Å². The van der Waals surface area contributed by atoms with E-state index >= 15 is 0 Å². The fourth-order valence-electron chi connectivity index (χ4n) is 2.94. The summed E-state index contributed by atoms with van der Waals surface area (Å²) < 4.78 is 7.42. The normalized spacial score (nSPS) is 18.4. The summed E-state index contributed by atoms with van der Waals surface area (Å²) in [4.78, 5) is 18.7. The second-order valence-electron chi connectivity index (χ2n) is 5.32. The number of aromatic nitrogens is 2. The van der Waals surface area contributed by atoms with Crippen LogP contribution in [-0.4, -0.2) is 40.6 Å². The number of likely N-dealkylation sites (tertiary alicyclic amines) is 1. The minimum Gasteiger partial charge on any atom is -0.377 e. The highest BCUT2D eigenvalue weighted by Gasteiger charge is 2.30. The quantitative estimate of drug-likeness (QED) is 0.872. The van der Waals surface area contributed by atoms with E-state index in [0.717, 1.165) is 36.6 Å². The Hall–Kier alpha value is -1.66. The van der Waals surface area contributed by atoms with Gasteiger partial charge in [0.15, 0.2) is 0 Å². The number of rotatable bonds is 4. The van der Waals surface area contributed by atoms with Crippen molar-refractivity contribution in [1.82, 2.24) is 14.5 Å². The molecule has 0 radical (unpaired) electrons. The second kappa shape index (κ2) is 5.99. The number of hydrogen-bond donors (Lipinski definition) is 0. The fourth-order valence-corrected chi connectivity index (χ4v) is 3.57. The number of nitrogens with zero attached hydrogens (tertiary/aromatic N) is 3. The third-order valence-electron chi connectivity index (χ3n) is 3.92. The van der Waals surface area contributed by atoms with Crippen LogP contribution in [0.25, 0.3) is 0 Å². The Kier molecular flexibility index (Phi) is 4.07. The maximum Gasteiger partial charge on any atom is 0.254 e. The fraction of sp³-hybridized carbons (Fsp3) is 0.467. The minimum atomic E-state index is 0.129. The molecule has 0 spiro atoms. The van der Waals surface area contributed by atoms with Gasteiger partial charge in [-0.15, -0.1) is 0 Å². The zero-order chi connectivity index (χ0) is 14.8. The molecule has 2 aromatic rings. The van der Waals surface area contributed by atoms with E-state index in [2.05, 4.69) is 16.5 Å². The summed E-state index contributed by atoms with van der Waals surface area (Å²) in [6.07, 6.45) is 2.83. The summed E-state index contributed by atoms with van der Waals surface area (Å²) in [5, 5.41) is 3.85. The first kappa shape index (κ1) is 14.3. The van der Waals surface area contributed by atoms with Crippen LogP contribution in [-0.2, 0) is 11.3 Å². The molecule has 112 valence electrons. The first-order chi connectivity index (χ1) is 10.2. The van der Waals surface area contributed by atoms with Crippen LogP contribution in [0.4, 0.5) is 0 Å². The van der Waals surface area contributed by atoms with Crippen molar-refractivity contribution >= 4 is 17.2 Å². The second-order valence-corrected chi connectivity index (χ2v) is 6.10. The molecule has 0 bridgehead atoms. The van der Waals surface area contributed by atoms with Gasteiger partial charge in [-0.05, 0) is 24.8 Å². The number of aryl methyl sites for hydroxylation is 1. The number of imidazole rings is 1. The summed E-state index contributed by atoms with van der Waals surface area (Å²) in [5.74, 6) is 1.06. The predicted octanol–water partition coefficient (Wildman–Crippen LogP) is 2.49. The van der Waals surface area contributed by atoms with Gasteiger partial charge in [-0.2, -0.15) is 11.3 Å². The Balaban J connectivity index is 1.75. The molecular formula is C15H19N3O2S. The van der Waals surface area contributed by atoms with Gasteiger partial charge in [0.1, 0.15) is 12.4 Å². The van der Waals surface area contributed by atoms with Crippen LogP contribution in [0.3, 0.4) is 0 Å². The van der Waals surface area contributed by atoms with Crippen molar-refractivity contribution in [3.8, 4) is 0 Å². The molecule has 3 rings (SSSR count). The van der Waals surface area contributed by atoms with E-state index in [0.29, 0.717) is 12.6 Å². The van der Waals surface area contributed by atoms with Crippen LogP contribution in [0, 0.1) is 6.92 Å². The number of carbonyl (C=O) groups is 1. The monoisotopic (exact) mass is 305 g/mol. The molecule has 1 aliphatic rings. The van der Waals surface area contributed by atoms with Crippen LogP contribution in [0.5, 0.6) is 0 Å². The van der Waals surface area contributed by atoms with Crippen molar-refractivity contribution in [3.05, 3.63) is 40.1 Å². The van der Waals surface area contributed by atoms with Crippen LogP contribution < -0.4 is 0 Å². The highest BCUT2D eigenvalue weighted by Crippen LogP contribution is 2.26. The van der Waals surface area contributed by atoms with Gasteiger partial charge in [-0.25, -0.2) is 4.98 Å². The Morgan fingerprint density at radius 1 is 1.57 bits per heavy atom. The Morgan fingerprint density at radius 2 is 2.43 bits per heavy atom. The zero-order valence-electron chi connectivity index (χ0n) is 12.3. The lowest BCUT2D eigenvalue weighted by Gasteiger charge is -2.19. The van der Waals surface area contributed by atoms with Gasteiger partial charge in [0, 0.05) is 37.5 Å². The molecule has 1 amide bonds. The van der Waals surface area contributed by atoms with Crippen molar-refractivity contribution in [2.75, 3.05) is 20.2 Å². The van der Waals surface area contributed by atoms with Crippen molar-refractivity contribution in [2.24, 2.45) is 0 Å². The highest BCUT2D eigenvalue weighted by molar-refractivity contribution is 7.08. The zero-order valence-corrected chi connectivity index (χ0v) is 13.1. The Morgan fingerprint density at radius 3 is 3.14 bits per heavy atom. The third-order valence-corrected chi connectivity index (χ3v) is 4.60. The molecule has 0 aromatic carbocycles. The molecule has 1 saturated heterocycles. The molecule has 1 unspecified atom stereocenters. The van der Waals surface area contributed by atoms with E-state index in [4.69, 9.17) is 4.74 Å². The molecule has 6 heteroatoms. The molecule has 1 atom stereocenters. The number of ether oxygens (including phenoxy) is 1. The van der Waals surface area contributed by atoms with Crippen molar-refractivity contribution in [2.45, 2.75) is 26.0 Å². The third kappa shape index (κ3) is 2.73. The molecule has 0 saturated carbocycles. The predicted molar refractivity (Wildman–Crippen MR) is 81.6 cm³/mol. The average molecular weight is 305 g/mol. The van der Waals surface area contributed by atoms with E-state index in [9.17, 15) is 4.79 Å². The lowest BCUT2D eigenvalue weighted by molar-refractivity contribution is 0.0787. The van der Waals surface area contributed by atoms with Gasteiger partial charge in [-0.1, -0.05) is 0 Å². The number of carbonyl (C=O) groups excluding carboxylic acids is 1. The van der Waals surface area contributed by atoms with Crippen LogP contribution >= 0.6 is 11.3 Å². The van der Waals surface area contributed by atoms with E-state index in [1.165, 1.54) is 0 Å². The Bertz CT molecular complexity index is 621. The van der Waals surface area contributed by atoms with Gasteiger partial charge in [0.2, 0.25) is 0 Å². The maximum absolute atomic E-state index is 12.4. The summed E-state index contributed by atoms with van der Waals surface area (Å²) >= 11 is 1.56. The van der Waals surface area contributed by atoms with Crippen molar-refractivity contribution in [1.29, 1.82) is 0 Å². The van der Waals surface area contributed by atoms with Crippen molar-refractivity contribution < 1.29 is 9.53 Å².